The van der Waals surface area contributed by atoms with E-state index in [2.05, 4.69) is 9.97 Å². The van der Waals surface area contributed by atoms with Crippen LogP contribution >= 0.6 is 0 Å². The molecule has 312 valence electrons. The summed E-state index contributed by atoms with van der Waals surface area (Å²) in [5, 5.41) is 10.6. The van der Waals surface area contributed by atoms with Gasteiger partial charge in [0.05, 0.1) is 6.42 Å². The molecule has 0 radical (unpaired) electrons. The normalized spacial score (nSPS) is 11.9. The number of hydrogen-bond acceptors (Lipinski definition) is 5. The van der Waals surface area contributed by atoms with Gasteiger partial charge in [0.1, 0.15) is 11.4 Å². The lowest BCUT2D eigenvalue weighted by atomic mass is 10.1. The number of alkyl halides is 6. The molecule has 0 fully saturated rings. The van der Waals surface area contributed by atoms with Gasteiger partial charge in [-0.05, 0) is 103 Å². The topological polar surface area (TPSA) is 86.6 Å². The monoisotopic (exact) mass is 826 g/mol. The van der Waals surface area contributed by atoms with Crippen LogP contribution in [0.15, 0.2) is 140 Å². The number of anilines is 2. The van der Waals surface area contributed by atoms with Gasteiger partial charge in [-0.25, -0.2) is 0 Å². The maximum Gasteiger partial charge on any atom is 0.433 e. The minimum atomic E-state index is -4.50. The Morgan fingerprint density at radius 2 is 1.08 bits per heavy atom. The largest absolute Gasteiger partial charge is 0.433 e. The number of carbonyl (C=O) groups excluding carboxylic acids is 2. The van der Waals surface area contributed by atoms with Crippen LogP contribution < -0.4 is 9.80 Å². The molecule has 2 amide bonds. The van der Waals surface area contributed by atoms with Crippen LogP contribution in [0.2, 0.25) is 0 Å². The van der Waals surface area contributed by atoms with Gasteiger partial charge in [-0.2, -0.15) is 26.3 Å². The molecule has 4 aromatic carbocycles. The fourth-order valence-corrected chi connectivity index (χ4v) is 6.14. The van der Waals surface area contributed by atoms with Crippen LogP contribution in [0.4, 0.5) is 37.7 Å². The molecule has 0 saturated heterocycles. The van der Waals surface area contributed by atoms with Crippen LogP contribution in [0.3, 0.4) is 0 Å². The van der Waals surface area contributed by atoms with Gasteiger partial charge < -0.3 is 14.9 Å². The van der Waals surface area contributed by atoms with E-state index in [9.17, 15) is 41.0 Å². The number of rotatable bonds is 12. The van der Waals surface area contributed by atoms with Crippen molar-refractivity contribution in [3.05, 3.63) is 190 Å². The van der Waals surface area contributed by atoms with Crippen molar-refractivity contribution in [1.29, 1.82) is 0 Å². The summed E-state index contributed by atoms with van der Waals surface area (Å²) in [5.41, 5.74) is 5.29. The van der Waals surface area contributed by atoms with Crippen molar-refractivity contribution in [2.45, 2.75) is 58.5 Å². The molecular formula is C47H44F6N4O3. The second kappa shape index (κ2) is 20.1. The van der Waals surface area contributed by atoms with E-state index in [0.29, 0.717) is 35.3 Å². The highest BCUT2D eigenvalue weighted by atomic mass is 19.4. The second-order valence-corrected chi connectivity index (χ2v) is 14.2. The fourth-order valence-electron chi connectivity index (χ4n) is 6.14. The summed E-state index contributed by atoms with van der Waals surface area (Å²) in [6, 6.07) is 35.8. The average molecular weight is 827 g/mol. The Bertz CT molecular complexity index is 2300. The first-order valence-electron chi connectivity index (χ1n) is 19.1. The number of aromatic nitrogens is 2. The highest BCUT2D eigenvalue weighted by Gasteiger charge is 2.33. The zero-order valence-electron chi connectivity index (χ0n) is 33.2. The van der Waals surface area contributed by atoms with E-state index in [-0.39, 0.29) is 25.3 Å². The van der Waals surface area contributed by atoms with Crippen molar-refractivity contribution in [3.8, 4) is 0 Å². The molecule has 0 unspecified atom stereocenters. The summed E-state index contributed by atoms with van der Waals surface area (Å²) in [5.74, 6) is -0.575. The van der Waals surface area contributed by atoms with Crippen LogP contribution in [-0.2, 0) is 41.2 Å². The lowest BCUT2D eigenvalue weighted by molar-refractivity contribution is -0.142. The number of halogens is 6. The van der Waals surface area contributed by atoms with Crippen LogP contribution in [0.25, 0.3) is 0 Å². The Balaban J connectivity index is 0.000000228. The van der Waals surface area contributed by atoms with E-state index in [0.717, 1.165) is 46.3 Å². The van der Waals surface area contributed by atoms with Gasteiger partial charge in [0.2, 0.25) is 5.91 Å². The van der Waals surface area contributed by atoms with Gasteiger partial charge in [-0.15, -0.1) is 0 Å². The molecule has 6 rings (SSSR count). The molecule has 0 aliphatic carbocycles. The van der Waals surface area contributed by atoms with Gasteiger partial charge >= 0.3 is 12.4 Å². The Labute approximate surface area is 345 Å². The van der Waals surface area contributed by atoms with Gasteiger partial charge in [0, 0.05) is 36.9 Å². The number of hydrogen-bond donors (Lipinski definition) is 1. The number of nitrogens with zero attached hydrogens (tertiary/aromatic N) is 4. The van der Waals surface area contributed by atoms with Crippen LogP contribution in [0.1, 0.15) is 56.4 Å². The predicted molar refractivity (Wildman–Crippen MR) is 219 cm³/mol. The molecule has 1 atom stereocenters. The number of aliphatic hydroxyl groups excluding tert-OH is 1. The average Bonchev–Trinajstić information content (AvgIpc) is 3.23. The van der Waals surface area contributed by atoms with E-state index in [4.69, 9.17) is 0 Å². The summed E-state index contributed by atoms with van der Waals surface area (Å²) in [4.78, 5) is 36.2. The number of carbonyl (C=O) groups is 2. The molecule has 2 heterocycles. The summed E-state index contributed by atoms with van der Waals surface area (Å²) in [6.07, 6.45) is -6.99. The molecule has 13 heteroatoms. The zero-order chi connectivity index (χ0) is 43.5. The van der Waals surface area contributed by atoms with Crippen molar-refractivity contribution < 1.29 is 41.0 Å². The number of pyridine rings is 2. The summed E-state index contributed by atoms with van der Waals surface area (Å²) in [6.45, 7) is 6.43. The minimum Gasteiger partial charge on any atom is -0.378 e. The number of aliphatic hydroxyl groups is 1. The van der Waals surface area contributed by atoms with Crippen molar-refractivity contribution in [1.82, 2.24) is 9.97 Å². The quantitative estimate of drug-likeness (QED) is 0.124. The maximum atomic E-state index is 13.1. The number of aryl methyl sites for hydroxylation is 3. The molecule has 7 nitrogen and oxygen atoms in total. The number of benzene rings is 4. The minimum absolute atomic E-state index is 0.0654. The van der Waals surface area contributed by atoms with Crippen LogP contribution in [-0.4, -0.2) is 40.0 Å². The molecule has 6 aromatic rings. The SMILES string of the molecule is Cc1ccc(N(CCc2ccc(C(F)(F)F)nc2)C(=O)Cc2ccccc2)cc1C.Cc1ccc(N(CCc2ccc(C(F)(F)F)nc2)C(=O)[C@@H](O)c2ccccc2)cc1. The van der Waals surface area contributed by atoms with E-state index in [1.807, 2.05) is 81.4 Å². The van der Waals surface area contributed by atoms with Gasteiger partial charge in [-0.1, -0.05) is 96.6 Å². The highest BCUT2D eigenvalue weighted by Crippen LogP contribution is 2.29. The third kappa shape index (κ3) is 12.6. The van der Waals surface area contributed by atoms with Crippen molar-refractivity contribution >= 4 is 23.2 Å². The predicted octanol–water partition coefficient (Wildman–Crippen LogP) is 10.3. The van der Waals surface area contributed by atoms with Gasteiger partial charge in [0.15, 0.2) is 6.10 Å². The lowest BCUT2D eigenvalue weighted by Crippen LogP contribution is -2.37. The van der Waals surface area contributed by atoms with E-state index in [1.165, 1.54) is 23.2 Å². The highest BCUT2D eigenvalue weighted by molar-refractivity contribution is 5.97. The molecule has 0 saturated carbocycles. The maximum absolute atomic E-state index is 13.1. The Morgan fingerprint density at radius 1 is 0.583 bits per heavy atom. The van der Waals surface area contributed by atoms with Crippen LogP contribution in [0.5, 0.6) is 0 Å². The van der Waals surface area contributed by atoms with Crippen LogP contribution in [0, 0.1) is 20.8 Å². The second-order valence-electron chi connectivity index (χ2n) is 14.2. The van der Waals surface area contributed by atoms with Gasteiger partial charge in [0.25, 0.3) is 5.91 Å². The van der Waals surface area contributed by atoms with E-state index >= 15 is 0 Å². The summed E-state index contributed by atoms with van der Waals surface area (Å²) < 4.78 is 76.3. The molecule has 1 N–H and O–H groups in total. The van der Waals surface area contributed by atoms with E-state index < -0.39 is 35.8 Å². The summed E-state index contributed by atoms with van der Waals surface area (Å²) >= 11 is 0. The fraction of sp³-hybridized carbons (Fsp3) is 0.234. The van der Waals surface area contributed by atoms with Crippen molar-refractivity contribution in [2.75, 3.05) is 22.9 Å². The third-order valence-corrected chi connectivity index (χ3v) is 9.74. The Morgan fingerprint density at radius 3 is 1.57 bits per heavy atom. The Hall–Kier alpha value is -6.34. The first-order valence-corrected chi connectivity index (χ1v) is 19.1. The zero-order valence-corrected chi connectivity index (χ0v) is 33.2. The standard InChI is InChI=1S/C24H23F3N2O.C23H21F3N2O2/c1-17-8-10-21(14-18(17)2)29(23(30)15-19-6-4-3-5-7-19)13-12-20-9-11-22(28-16-20)24(25,26)27;1-16-7-10-19(11-8-16)28(22(30)21(29)18-5-3-2-4-6-18)14-13-17-9-12-20(27-15-17)23(24,25)26/h3-11,14,16H,12-13,15H2,1-2H3;2-12,15,21,29H,13-14H2,1H3/t;21-/m.0/s1. The molecule has 60 heavy (non-hydrogen) atoms. The molecule has 2 aromatic heterocycles. The van der Waals surface area contributed by atoms with Crippen molar-refractivity contribution in [3.63, 3.8) is 0 Å². The molecule has 0 aliphatic heterocycles. The Kier molecular flexibility index (Phi) is 15.0. The molecule has 0 bridgehead atoms. The lowest BCUT2D eigenvalue weighted by Gasteiger charge is -2.26. The van der Waals surface area contributed by atoms with Gasteiger partial charge in [-0.3, -0.25) is 19.6 Å². The van der Waals surface area contributed by atoms with Crippen molar-refractivity contribution in [2.24, 2.45) is 0 Å². The molecule has 0 aliphatic rings. The smallest absolute Gasteiger partial charge is 0.378 e. The third-order valence-electron chi connectivity index (χ3n) is 9.74. The number of amides is 2. The summed E-state index contributed by atoms with van der Waals surface area (Å²) in [7, 11) is 0. The molecular weight excluding hydrogens is 783 g/mol. The first kappa shape index (κ1) is 44.8. The first-order chi connectivity index (χ1) is 28.5. The molecule has 0 spiro atoms. The van der Waals surface area contributed by atoms with E-state index in [1.54, 1.807) is 47.4 Å².